The summed E-state index contributed by atoms with van der Waals surface area (Å²) in [5, 5.41) is 9.99. The van der Waals surface area contributed by atoms with Crippen LogP contribution in [0, 0.1) is 0 Å². The number of fused-ring (bicyclic) bond motifs is 2. The molecule has 1 atom stereocenters. The highest BCUT2D eigenvalue weighted by atomic mass is 35.5. The van der Waals surface area contributed by atoms with Crippen molar-refractivity contribution in [2.45, 2.75) is 24.7 Å². The van der Waals surface area contributed by atoms with Gasteiger partial charge in [0.05, 0.1) is 11.3 Å². The lowest BCUT2D eigenvalue weighted by Crippen LogP contribution is -2.34. The van der Waals surface area contributed by atoms with Gasteiger partial charge in [0.2, 0.25) is 5.28 Å². The summed E-state index contributed by atoms with van der Waals surface area (Å²) in [6.07, 6.45) is 1.94. The van der Waals surface area contributed by atoms with E-state index in [1.807, 2.05) is 0 Å². The molecule has 2 aliphatic heterocycles. The minimum absolute atomic E-state index is 0.183. The zero-order chi connectivity index (χ0) is 11.2. The van der Waals surface area contributed by atoms with Gasteiger partial charge in [-0.15, -0.1) is 0 Å². The van der Waals surface area contributed by atoms with Crippen molar-refractivity contribution < 1.29 is 14.6 Å². The van der Waals surface area contributed by atoms with Crippen LogP contribution < -0.4 is 0 Å². The molecule has 1 unspecified atom stereocenters. The van der Waals surface area contributed by atoms with Crippen LogP contribution in [0.25, 0.3) is 0 Å². The molecule has 1 saturated heterocycles. The van der Waals surface area contributed by atoms with Gasteiger partial charge in [0.25, 0.3) is 0 Å². The third-order valence-electron chi connectivity index (χ3n) is 3.12. The molecule has 1 aromatic rings. The minimum atomic E-state index is -0.953. The zero-order valence-electron chi connectivity index (χ0n) is 8.52. The van der Waals surface area contributed by atoms with Gasteiger partial charge in [-0.25, -0.2) is 9.97 Å². The molecule has 2 aliphatic rings. The molecule has 5 nitrogen and oxygen atoms in total. The average Bonchev–Trinajstić information content (AvgIpc) is 2.53. The zero-order valence-corrected chi connectivity index (χ0v) is 9.28. The van der Waals surface area contributed by atoms with E-state index < -0.39 is 11.9 Å². The summed E-state index contributed by atoms with van der Waals surface area (Å²) >= 11 is 5.78. The lowest BCUT2D eigenvalue weighted by Gasteiger charge is -2.32. The standard InChI is InChI=1S/C10H11ClN2O3/c11-9-12-5-6-7(13-9)10(16-8(6)14)1-3-15-4-2-10/h5,8,14H,1-4H2. The first-order chi connectivity index (χ1) is 7.71. The van der Waals surface area contributed by atoms with Crippen molar-refractivity contribution in [3.05, 3.63) is 22.7 Å². The number of ether oxygens (including phenoxy) is 2. The van der Waals surface area contributed by atoms with E-state index in [1.54, 1.807) is 0 Å². The van der Waals surface area contributed by atoms with Crippen molar-refractivity contribution in [1.29, 1.82) is 0 Å². The highest BCUT2D eigenvalue weighted by molar-refractivity contribution is 6.28. The molecule has 3 rings (SSSR count). The third-order valence-corrected chi connectivity index (χ3v) is 3.31. The predicted octanol–water partition coefficient (Wildman–Crippen LogP) is 1.16. The van der Waals surface area contributed by atoms with E-state index >= 15 is 0 Å². The Morgan fingerprint density at radius 2 is 2.19 bits per heavy atom. The molecule has 0 bridgehead atoms. The van der Waals surface area contributed by atoms with E-state index in [4.69, 9.17) is 21.1 Å². The maximum Gasteiger partial charge on any atom is 0.222 e. The molecule has 1 spiro atoms. The van der Waals surface area contributed by atoms with Gasteiger partial charge in [-0.05, 0) is 11.6 Å². The topological polar surface area (TPSA) is 64.5 Å². The van der Waals surface area contributed by atoms with E-state index in [1.165, 1.54) is 6.20 Å². The Morgan fingerprint density at radius 1 is 1.44 bits per heavy atom. The number of hydrogen-bond donors (Lipinski definition) is 1. The Kier molecular flexibility index (Phi) is 2.36. The molecule has 0 aromatic carbocycles. The lowest BCUT2D eigenvalue weighted by atomic mass is 9.90. The molecular formula is C10H11ClN2O3. The maximum atomic E-state index is 9.80. The molecule has 6 heteroatoms. The lowest BCUT2D eigenvalue weighted by molar-refractivity contribution is -0.200. The summed E-state index contributed by atoms with van der Waals surface area (Å²) in [5.41, 5.74) is 0.786. The van der Waals surface area contributed by atoms with Crippen molar-refractivity contribution in [2.24, 2.45) is 0 Å². The molecule has 1 N–H and O–H groups in total. The fourth-order valence-corrected chi connectivity index (χ4v) is 2.44. The molecular weight excluding hydrogens is 232 g/mol. The Morgan fingerprint density at radius 3 is 2.94 bits per heavy atom. The van der Waals surface area contributed by atoms with Gasteiger partial charge in [0.1, 0.15) is 5.60 Å². The summed E-state index contributed by atoms with van der Waals surface area (Å²) in [5.74, 6) is 0. The molecule has 0 radical (unpaired) electrons. The quantitative estimate of drug-likeness (QED) is 0.692. The Bertz CT molecular complexity index is 421. The minimum Gasteiger partial charge on any atom is -0.381 e. The van der Waals surface area contributed by atoms with Crippen LogP contribution in [-0.2, 0) is 15.1 Å². The Labute approximate surface area is 97.4 Å². The van der Waals surface area contributed by atoms with E-state index in [0.29, 0.717) is 37.3 Å². The number of halogens is 1. The van der Waals surface area contributed by atoms with Crippen LogP contribution in [0.1, 0.15) is 30.4 Å². The summed E-state index contributed by atoms with van der Waals surface area (Å²) in [4.78, 5) is 8.06. The number of nitrogens with zero attached hydrogens (tertiary/aromatic N) is 2. The smallest absolute Gasteiger partial charge is 0.222 e. The van der Waals surface area contributed by atoms with Crippen LogP contribution >= 0.6 is 11.6 Å². The van der Waals surface area contributed by atoms with Crippen molar-refractivity contribution in [3.8, 4) is 0 Å². The first-order valence-corrected chi connectivity index (χ1v) is 5.56. The number of aliphatic hydroxyl groups is 1. The molecule has 16 heavy (non-hydrogen) atoms. The van der Waals surface area contributed by atoms with Gasteiger partial charge >= 0.3 is 0 Å². The van der Waals surface area contributed by atoms with Gasteiger partial charge in [-0.3, -0.25) is 0 Å². The molecule has 0 amide bonds. The summed E-state index contributed by atoms with van der Waals surface area (Å²) in [6.45, 7) is 1.21. The van der Waals surface area contributed by atoms with Crippen LogP contribution in [0.5, 0.6) is 0 Å². The molecule has 1 aromatic heterocycles. The second-order valence-corrected chi connectivity index (χ2v) is 4.36. The van der Waals surface area contributed by atoms with E-state index in [-0.39, 0.29) is 5.28 Å². The van der Waals surface area contributed by atoms with Crippen LogP contribution in [-0.4, -0.2) is 28.3 Å². The van der Waals surface area contributed by atoms with Crippen molar-refractivity contribution in [1.82, 2.24) is 9.97 Å². The third kappa shape index (κ3) is 1.43. The maximum absolute atomic E-state index is 9.80. The van der Waals surface area contributed by atoms with E-state index in [2.05, 4.69) is 9.97 Å². The van der Waals surface area contributed by atoms with Crippen LogP contribution in [0.3, 0.4) is 0 Å². The van der Waals surface area contributed by atoms with E-state index in [9.17, 15) is 5.11 Å². The molecule has 0 aliphatic carbocycles. The van der Waals surface area contributed by atoms with Crippen molar-refractivity contribution >= 4 is 11.6 Å². The summed E-state index contributed by atoms with van der Waals surface area (Å²) in [7, 11) is 0. The Hall–Kier alpha value is -0.750. The van der Waals surface area contributed by atoms with Crippen LogP contribution in [0.15, 0.2) is 6.20 Å². The highest BCUT2D eigenvalue weighted by Gasteiger charge is 2.47. The highest BCUT2D eigenvalue weighted by Crippen LogP contribution is 2.46. The second-order valence-electron chi connectivity index (χ2n) is 4.02. The molecule has 1 fully saturated rings. The van der Waals surface area contributed by atoms with Gasteiger partial charge in [-0.2, -0.15) is 0 Å². The summed E-state index contributed by atoms with van der Waals surface area (Å²) < 4.78 is 10.9. The van der Waals surface area contributed by atoms with Crippen molar-refractivity contribution in [3.63, 3.8) is 0 Å². The predicted molar refractivity (Wildman–Crippen MR) is 54.8 cm³/mol. The van der Waals surface area contributed by atoms with Crippen molar-refractivity contribution in [2.75, 3.05) is 13.2 Å². The number of aliphatic hydroxyl groups excluding tert-OH is 1. The molecule has 3 heterocycles. The molecule has 0 saturated carbocycles. The second kappa shape index (κ2) is 3.63. The Balaban J connectivity index is 2.09. The fourth-order valence-electron chi connectivity index (χ4n) is 2.30. The first-order valence-electron chi connectivity index (χ1n) is 5.18. The number of hydrogen-bond acceptors (Lipinski definition) is 5. The fraction of sp³-hybridized carbons (Fsp3) is 0.600. The number of rotatable bonds is 0. The SMILES string of the molecule is OC1OC2(CCOCC2)c2nc(Cl)ncc21. The number of aromatic nitrogens is 2. The molecule has 86 valence electrons. The largest absolute Gasteiger partial charge is 0.381 e. The summed E-state index contributed by atoms with van der Waals surface area (Å²) in [6, 6.07) is 0. The van der Waals surface area contributed by atoms with Gasteiger partial charge in [0.15, 0.2) is 6.29 Å². The normalized spacial score (nSPS) is 27.0. The van der Waals surface area contributed by atoms with Gasteiger partial charge in [0, 0.05) is 32.3 Å². The van der Waals surface area contributed by atoms with Gasteiger partial charge in [-0.1, -0.05) is 0 Å². The van der Waals surface area contributed by atoms with Crippen LogP contribution in [0.4, 0.5) is 0 Å². The van der Waals surface area contributed by atoms with Gasteiger partial charge < -0.3 is 14.6 Å². The van der Waals surface area contributed by atoms with Crippen LogP contribution in [0.2, 0.25) is 5.28 Å². The monoisotopic (exact) mass is 242 g/mol. The van der Waals surface area contributed by atoms with E-state index in [0.717, 1.165) is 0 Å². The first kappa shape index (κ1) is 10.4. The average molecular weight is 243 g/mol.